The lowest BCUT2D eigenvalue weighted by atomic mass is 9.90. The maximum Gasteiger partial charge on any atom is 0.407 e. The van der Waals surface area contributed by atoms with Crippen LogP contribution in [0.1, 0.15) is 51.2 Å². The van der Waals surface area contributed by atoms with E-state index in [1.165, 1.54) is 24.0 Å². The minimum absolute atomic E-state index is 0. The van der Waals surface area contributed by atoms with Crippen molar-refractivity contribution in [2.24, 2.45) is 10.7 Å². The molecule has 1 aliphatic rings. The number of amides is 1. The van der Waals surface area contributed by atoms with Gasteiger partial charge >= 0.3 is 6.09 Å². The fourth-order valence-corrected chi connectivity index (χ4v) is 2.86. The molecule has 1 aromatic rings. The van der Waals surface area contributed by atoms with Crippen LogP contribution in [0.5, 0.6) is 0 Å². The van der Waals surface area contributed by atoms with E-state index >= 15 is 0 Å². The third-order valence-electron chi connectivity index (χ3n) is 3.94. The Morgan fingerprint density at radius 3 is 2.73 bits per heavy atom. The molecule has 1 aliphatic carbocycles. The van der Waals surface area contributed by atoms with E-state index in [-0.39, 0.29) is 24.0 Å². The standard InChI is InChI=1S/C19H30N4O2.HI/c1-19(2,3)25-18(24)22-13-7-12-21-17(20)23-16-11-6-9-14-8-4-5-10-15(14)16;/h6,9,11H,4-5,7-8,10,12-13H2,1-3H3,(H,22,24)(H3,20,21,23);1H. The molecule has 0 aliphatic heterocycles. The van der Waals surface area contributed by atoms with Crippen molar-refractivity contribution < 1.29 is 9.53 Å². The highest BCUT2D eigenvalue weighted by Gasteiger charge is 2.15. The number of aryl methyl sites for hydroxylation is 1. The van der Waals surface area contributed by atoms with E-state index in [1.807, 2.05) is 20.8 Å². The van der Waals surface area contributed by atoms with Crippen molar-refractivity contribution in [2.75, 3.05) is 18.4 Å². The van der Waals surface area contributed by atoms with Gasteiger partial charge in [0, 0.05) is 18.8 Å². The van der Waals surface area contributed by atoms with Gasteiger partial charge in [-0.15, -0.1) is 24.0 Å². The largest absolute Gasteiger partial charge is 0.444 e. The van der Waals surface area contributed by atoms with Gasteiger partial charge in [0.25, 0.3) is 0 Å². The Kier molecular flexibility index (Phi) is 9.18. The zero-order valence-corrected chi connectivity index (χ0v) is 18.3. The molecule has 0 fully saturated rings. The third kappa shape index (κ3) is 7.80. The molecule has 0 unspecified atom stereocenters. The number of halogens is 1. The fraction of sp³-hybridized carbons (Fsp3) is 0.579. The number of rotatable bonds is 5. The van der Waals surface area contributed by atoms with E-state index in [9.17, 15) is 4.79 Å². The number of hydrogen-bond donors (Lipinski definition) is 3. The van der Waals surface area contributed by atoms with Gasteiger partial charge in [-0.2, -0.15) is 0 Å². The number of alkyl carbamates (subject to hydrolysis) is 1. The van der Waals surface area contributed by atoms with Crippen molar-refractivity contribution in [2.45, 2.75) is 58.5 Å². The van der Waals surface area contributed by atoms with E-state index in [1.54, 1.807) is 0 Å². The van der Waals surface area contributed by atoms with Crippen LogP contribution < -0.4 is 16.4 Å². The monoisotopic (exact) mass is 474 g/mol. The van der Waals surface area contributed by atoms with Crippen LogP contribution in [0.3, 0.4) is 0 Å². The predicted octanol–water partition coefficient (Wildman–Crippen LogP) is 3.82. The van der Waals surface area contributed by atoms with Gasteiger partial charge in [0.2, 0.25) is 0 Å². The molecule has 1 amide bonds. The van der Waals surface area contributed by atoms with Crippen LogP contribution >= 0.6 is 24.0 Å². The number of nitrogens with zero attached hydrogens (tertiary/aromatic N) is 1. The van der Waals surface area contributed by atoms with Gasteiger partial charge in [0.15, 0.2) is 5.96 Å². The lowest BCUT2D eigenvalue weighted by Crippen LogP contribution is -2.33. The topological polar surface area (TPSA) is 88.7 Å². The van der Waals surface area contributed by atoms with Crippen molar-refractivity contribution in [3.8, 4) is 0 Å². The molecule has 0 aromatic heterocycles. The summed E-state index contributed by atoms with van der Waals surface area (Å²) in [6, 6.07) is 6.30. The normalized spacial score (nSPS) is 14.0. The molecular weight excluding hydrogens is 443 g/mol. The molecule has 0 saturated carbocycles. The van der Waals surface area contributed by atoms with Crippen LogP contribution in [0, 0.1) is 0 Å². The van der Waals surface area contributed by atoms with Crippen molar-refractivity contribution in [1.82, 2.24) is 5.32 Å². The molecule has 7 heteroatoms. The maximum atomic E-state index is 11.5. The van der Waals surface area contributed by atoms with Crippen LogP contribution in [0.2, 0.25) is 0 Å². The van der Waals surface area contributed by atoms with Gasteiger partial charge in [-0.3, -0.25) is 4.99 Å². The molecule has 26 heavy (non-hydrogen) atoms. The predicted molar refractivity (Wildman–Crippen MR) is 117 cm³/mol. The van der Waals surface area contributed by atoms with E-state index in [4.69, 9.17) is 10.5 Å². The van der Waals surface area contributed by atoms with Gasteiger partial charge in [0.05, 0.1) is 0 Å². The second kappa shape index (κ2) is 10.6. The zero-order valence-electron chi connectivity index (χ0n) is 15.9. The van der Waals surface area contributed by atoms with Crippen molar-refractivity contribution in [3.63, 3.8) is 0 Å². The Balaban J connectivity index is 0.00000338. The third-order valence-corrected chi connectivity index (χ3v) is 3.94. The number of benzene rings is 1. The molecule has 4 N–H and O–H groups in total. The second-order valence-electron chi connectivity index (χ2n) is 7.32. The molecule has 0 heterocycles. The van der Waals surface area contributed by atoms with Crippen LogP contribution in [0.25, 0.3) is 0 Å². The van der Waals surface area contributed by atoms with E-state index in [0.717, 1.165) is 18.5 Å². The van der Waals surface area contributed by atoms with Crippen LogP contribution in [0.15, 0.2) is 23.2 Å². The van der Waals surface area contributed by atoms with Crippen molar-refractivity contribution in [3.05, 3.63) is 29.3 Å². The summed E-state index contributed by atoms with van der Waals surface area (Å²) in [6.45, 7) is 6.57. The second-order valence-corrected chi connectivity index (χ2v) is 7.32. The van der Waals surface area contributed by atoms with Gasteiger partial charge in [-0.05, 0) is 70.1 Å². The summed E-state index contributed by atoms with van der Waals surface area (Å²) in [5.41, 5.74) is 9.34. The zero-order chi connectivity index (χ0) is 18.3. The number of nitrogens with one attached hydrogen (secondary N) is 2. The smallest absolute Gasteiger partial charge is 0.407 e. The molecule has 2 rings (SSSR count). The summed E-state index contributed by atoms with van der Waals surface area (Å²) in [6.07, 6.45) is 5.00. The average molecular weight is 474 g/mol. The van der Waals surface area contributed by atoms with Crippen molar-refractivity contribution in [1.29, 1.82) is 0 Å². The fourth-order valence-electron chi connectivity index (χ4n) is 2.86. The lowest BCUT2D eigenvalue weighted by molar-refractivity contribution is 0.0527. The maximum absolute atomic E-state index is 11.5. The number of fused-ring (bicyclic) bond motifs is 1. The molecule has 0 saturated heterocycles. The Hall–Kier alpha value is -1.51. The van der Waals surface area contributed by atoms with Crippen LogP contribution in [-0.2, 0) is 17.6 Å². The van der Waals surface area contributed by atoms with Gasteiger partial charge in [0.1, 0.15) is 5.60 Å². The van der Waals surface area contributed by atoms with Gasteiger partial charge in [-0.1, -0.05) is 12.1 Å². The first-order chi connectivity index (χ1) is 11.8. The number of carbonyl (C=O) groups is 1. The van der Waals surface area contributed by atoms with Gasteiger partial charge < -0.3 is 21.1 Å². The Morgan fingerprint density at radius 1 is 1.27 bits per heavy atom. The first kappa shape index (κ1) is 22.5. The SMILES string of the molecule is CC(C)(C)OC(=O)NCCCN=C(N)Nc1cccc2c1CCCC2.I. The molecular formula is C19H31IN4O2. The number of carbonyl (C=O) groups excluding carboxylic acids is 1. The summed E-state index contributed by atoms with van der Waals surface area (Å²) >= 11 is 0. The highest BCUT2D eigenvalue weighted by molar-refractivity contribution is 14.0. The lowest BCUT2D eigenvalue weighted by Gasteiger charge is -2.20. The van der Waals surface area contributed by atoms with E-state index in [0.29, 0.717) is 25.5 Å². The van der Waals surface area contributed by atoms with Crippen LogP contribution in [-0.4, -0.2) is 30.7 Å². The number of aliphatic imine (C=N–C) groups is 1. The first-order valence-corrected chi connectivity index (χ1v) is 9.00. The van der Waals surface area contributed by atoms with Gasteiger partial charge in [-0.25, -0.2) is 4.79 Å². The number of guanidine groups is 1. The molecule has 1 aromatic carbocycles. The number of ether oxygens (including phenoxy) is 1. The quantitative estimate of drug-likeness (QED) is 0.262. The minimum Gasteiger partial charge on any atom is -0.444 e. The summed E-state index contributed by atoms with van der Waals surface area (Å²) in [4.78, 5) is 15.9. The van der Waals surface area contributed by atoms with Crippen molar-refractivity contribution >= 4 is 41.7 Å². The minimum atomic E-state index is -0.481. The molecule has 0 atom stereocenters. The molecule has 146 valence electrons. The van der Waals surface area contributed by atoms with E-state index in [2.05, 4.69) is 33.8 Å². The summed E-state index contributed by atoms with van der Waals surface area (Å²) < 4.78 is 5.17. The Labute approximate surface area is 173 Å². The molecule has 0 spiro atoms. The molecule has 0 radical (unpaired) electrons. The highest BCUT2D eigenvalue weighted by atomic mass is 127. The summed E-state index contributed by atoms with van der Waals surface area (Å²) in [5.74, 6) is 0.413. The molecule has 6 nitrogen and oxygen atoms in total. The number of nitrogens with two attached hydrogens (primary N) is 1. The summed E-state index contributed by atoms with van der Waals surface area (Å²) in [5, 5.41) is 5.93. The Bertz CT molecular complexity index is 626. The molecule has 0 bridgehead atoms. The van der Waals surface area contributed by atoms with Crippen LogP contribution in [0.4, 0.5) is 10.5 Å². The summed E-state index contributed by atoms with van der Waals surface area (Å²) in [7, 11) is 0. The average Bonchev–Trinajstić information content (AvgIpc) is 2.53. The Morgan fingerprint density at radius 2 is 2.00 bits per heavy atom. The van der Waals surface area contributed by atoms with E-state index < -0.39 is 11.7 Å². The number of hydrogen-bond acceptors (Lipinski definition) is 3. The number of anilines is 1. The highest BCUT2D eigenvalue weighted by Crippen LogP contribution is 2.27. The first-order valence-electron chi connectivity index (χ1n) is 9.00.